The van der Waals surface area contributed by atoms with Gasteiger partial charge >= 0.3 is 0 Å². The maximum absolute atomic E-state index is 3.56. The van der Waals surface area contributed by atoms with Crippen molar-refractivity contribution in [2.24, 2.45) is 0 Å². The highest BCUT2D eigenvalue weighted by molar-refractivity contribution is 4.76. The Morgan fingerprint density at radius 3 is 2.73 bits per heavy atom. The van der Waals surface area contributed by atoms with Crippen molar-refractivity contribution in [3.8, 4) is 0 Å². The van der Waals surface area contributed by atoms with Gasteiger partial charge in [0.15, 0.2) is 0 Å². The van der Waals surface area contributed by atoms with Crippen molar-refractivity contribution in [3.05, 3.63) is 0 Å². The van der Waals surface area contributed by atoms with Crippen LogP contribution in [0.2, 0.25) is 0 Å². The molecule has 1 saturated heterocycles. The van der Waals surface area contributed by atoms with E-state index in [1.807, 2.05) is 0 Å². The Labute approximate surface area is 70.0 Å². The molecule has 66 valence electrons. The van der Waals surface area contributed by atoms with Crippen molar-refractivity contribution in [3.63, 3.8) is 0 Å². The lowest BCUT2D eigenvalue weighted by atomic mass is 10.2. The van der Waals surface area contributed by atoms with Crippen LogP contribution in [0.1, 0.15) is 27.2 Å². The number of nitrogens with one attached hydrogen (secondary N) is 1. The molecule has 0 bridgehead atoms. The van der Waals surface area contributed by atoms with Gasteiger partial charge in [-0.25, -0.2) is 0 Å². The van der Waals surface area contributed by atoms with Crippen LogP contribution >= 0.6 is 0 Å². The van der Waals surface area contributed by atoms with E-state index >= 15 is 0 Å². The van der Waals surface area contributed by atoms with Gasteiger partial charge in [-0.05, 0) is 33.4 Å². The zero-order valence-electron chi connectivity index (χ0n) is 7.93. The van der Waals surface area contributed by atoms with Crippen LogP contribution in [-0.4, -0.2) is 36.6 Å². The molecule has 0 saturated carbocycles. The summed E-state index contributed by atoms with van der Waals surface area (Å²) in [5.41, 5.74) is 0. The van der Waals surface area contributed by atoms with Gasteiger partial charge in [0.05, 0.1) is 0 Å². The molecule has 1 aliphatic heterocycles. The maximum Gasteiger partial charge on any atom is 0.0169 e. The second-order valence-corrected chi connectivity index (χ2v) is 3.65. The van der Waals surface area contributed by atoms with Crippen LogP contribution in [0.25, 0.3) is 0 Å². The monoisotopic (exact) mass is 156 g/mol. The van der Waals surface area contributed by atoms with Gasteiger partial charge in [-0.2, -0.15) is 0 Å². The lowest BCUT2D eigenvalue weighted by Gasteiger charge is -2.19. The molecule has 1 rings (SSSR count). The third kappa shape index (κ3) is 2.80. The third-order valence-corrected chi connectivity index (χ3v) is 2.43. The molecule has 2 unspecified atom stereocenters. The molecule has 1 fully saturated rings. The summed E-state index contributed by atoms with van der Waals surface area (Å²) in [7, 11) is 0. The van der Waals surface area contributed by atoms with E-state index in [4.69, 9.17) is 0 Å². The zero-order chi connectivity index (χ0) is 8.27. The fourth-order valence-corrected chi connectivity index (χ4v) is 1.76. The van der Waals surface area contributed by atoms with Crippen LogP contribution in [0.4, 0.5) is 0 Å². The van der Waals surface area contributed by atoms with Crippen molar-refractivity contribution >= 4 is 0 Å². The Bertz CT molecular complexity index is 114. The van der Waals surface area contributed by atoms with Crippen LogP contribution in [0.5, 0.6) is 0 Å². The molecule has 2 atom stereocenters. The first-order valence-electron chi connectivity index (χ1n) is 4.70. The molecule has 1 N–H and O–H groups in total. The molecule has 0 aliphatic carbocycles. The molecule has 0 aromatic rings. The molecule has 1 heterocycles. The molecular weight excluding hydrogens is 136 g/mol. The molecule has 0 spiro atoms. The van der Waals surface area contributed by atoms with Crippen molar-refractivity contribution in [2.75, 3.05) is 19.6 Å². The van der Waals surface area contributed by atoms with Gasteiger partial charge in [0.2, 0.25) is 0 Å². The van der Waals surface area contributed by atoms with Gasteiger partial charge in [0, 0.05) is 18.6 Å². The minimum atomic E-state index is 0.660. The molecule has 2 heteroatoms. The Balaban J connectivity index is 2.39. The second kappa shape index (κ2) is 4.07. The molecule has 2 nitrogen and oxygen atoms in total. The average molecular weight is 156 g/mol. The molecular formula is C9H20N2. The summed E-state index contributed by atoms with van der Waals surface area (Å²) >= 11 is 0. The Hall–Kier alpha value is -0.0800. The van der Waals surface area contributed by atoms with Crippen LogP contribution in [-0.2, 0) is 0 Å². The summed E-state index contributed by atoms with van der Waals surface area (Å²) in [6.07, 6.45) is 1.29. The standard InChI is InChI=1S/C9H20N2/c1-4-11-6-5-8(2)10-9(3)7-11/h8-10H,4-7H2,1-3H3. The number of hydrogen-bond donors (Lipinski definition) is 1. The van der Waals surface area contributed by atoms with Crippen LogP contribution in [0, 0.1) is 0 Å². The minimum absolute atomic E-state index is 0.660. The first kappa shape index (κ1) is 9.01. The maximum atomic E-state index is 3.56. The summed E-state index contributed by atoms with van der Waals surface area (Å²) in [6, 6.07) is 1.36. The van der Waals surface area contributed by atoms with E-state index in [9.17, 15) is 0 Å². The minimum Gasteiger partial charge on any atom is -0.310 e. The largest absolute Gasteiger partial charge is 0.310 e. The lowest BCUT2D eigenvalue weighted by Crippen LogP contribution is -2.37. The lowest BCUT2D eigenvalue weighted by molar-refractivity contribution is 0.287. The predicted molar refractivity (Wildman–Crippen MR) is 48.8 cm³/mol. The highest BCUT2D eigenvalue weighted by atomic mass is 15.2. The second-order valence-electron chi connectivity index (χ2n) is 3.65. The fourth-order valence-electron chi connectivity index (χ4n) is 1.76. The molecule has 11 heavy (non-hydrogen) atoms. The van der Waals surface area contributed by atoms with Gasteiger partial charge in [0.1, 0.15) is 0 Å². The smallest absolute Gasteiger partial charge is 0.0169 e. The van der Waals surface area contributed by atoms with Crippen molar-refractivity contribution in [2.45, 2.75) is 39.3 Å². The zero-order valence-corrected chi connectivity index (χ0v) is 7.93. The van der Waals surface area contributed by atoms with Gasteiger partial charge in [-0.15, -0.1) is 0 Å². The SMILES string of the molecule is CCN1CCC(C)NC(C)C1. The predicted octanol–water partition coefficient (Wildman–Crippen LogP) is 1.08. The number of likely N-dealkylation sites (N-methyl/N-ethyl adjacent to an activating group) is 1. The van der Waals surface area contributed by atoms with Crippen LogP contribution in [0.15, 0.2) is 0 Å². The van der Waals surface area contributed by atoms with Gasteiger partial charge in [0.25, 0.3) is 0 Å². The highest BCUT2D eigenvalue weighted by Gasteiger charge is 2.16. The Morgan fingerprint density at radius 2 is 2.09 bits per heavy atom. The van der Waals surface area contributed by atoms with E-state index < -0.39 is 0 Å². The summed E-state index contributed by atoms with van der Waals surface area (Å²) in [5.74, 6) is 0. The molecule has 1 aliphatic rings. The van der Waals surface area contributed by atoms with Crippen LogP contribution < -0.4 is 5.32 Å². The van der Waals surface area contributed by atoms with Crippen molar-refractivity contribution < 1.29 is 0 Å². The number of nitrogens with zero attached hydrogens (tertiary/aromatic N) is 1. The summed E-state index contributed by atoms with van der Waals surface area (Å²) in [5, 5.41) is 3.56. The Morgan fingerprint density at radius 1 is 1.36 bits per heavy atom. The molecule has 0 aromatic carbocycles. The van der Waals surface area contributed by atoms with Crippen LogP contribution in [0.3, 0.4) is 0 Å². The van der Waals surface area contributed by atoms with Gasteiger partial charge in [-0.1, -0.05) is 6.92 Å². The first-order valence-corrected chi connectivity index (χ1v) is 4.70. The topological polar surface area (TPSA) is 15.3 Å². The summed E-state index contributed by atoms with van der Waals surface area (Å²) < 4.78 is 0. The highest BCUT2D eigenvalue weighted by Crippen LogP contribution is 2.04. The number of rotatable bonds is 1. The van der Waals surface area contributed by atoms with E-state index in [0.717, 1.165) is 0 Å². The normalized spacial score (nSPS) is 35.2. The molecule has 0 aromatic heterocycles. The fraction of sp³-hybridized carbons (Fsp3) is 1.00. The summed E-state index contributed by atoms with van der Waals surface area (Å²) in [6.45, 7) is 10.4. The quantitative estimate of drug-likeness (QED) is 0.611. The van der Waals surface area contributed by atoms with E-state index in [0.29, 0.717) is 12.1 Å². The average Bonchev–Trinajstić information content (AvgIpc) is 2.11. The van der Waals surface area contributed by atoms with E-state index in [2.05, 4.69) is 31.0 Å². The van der Waals surface area contributed by atoms with E-state index in [1.54, 1.807) is 0 Å². The van der Waals surface area contributed by atoms with Crippen molar-refractivity contribution in [1.82, 2.24) is 10.2 Å². The van der Waals surface area contributed by atoms with Gasteiger partial charge in [-0.3, -0.25) is 0 Å². The van der Waals surface area contributed by atoms with E-state index in [-0.39, 0.29) is 0 Å². The van der Waals surface area contributed by atoms with Gasteiger partial charge < -0.3 is 10.2 Å². The third-order valence-electron chi connectivity index (χ3n) is 2.43. The van der Waals surface area contributed by atoms with Crippen molar-refractivity contribution in [1.29, 1.82) is 0 Å². The Kier molecular flexibility index (Phi) is 3.34. The van der Waals surface area contributed by atoms with E-state index in [1.165, 1.54) is 26.1 Å². The molecule has 0 amide bonds. The number of hydrogen-bond acceptors (Lipinski definition) is 2. The first-order chi connectivity index (χ1) is 5.22. The molecule has 0 radical (unpaired) electrons. The summed E-state index contributed by atoms with van der Waals surface area (Å²) in [4.78, 5) is 2.52.